The van der Waals surface area contributed by atoms with Crippen LogP contribution in [-0.4, -0.2) is 37.2 Å². The molecule has 1 fully saturated rings. The van der Waals surface area contributed by atoms with Crippen molar-refractivity contribution in [2.45, 2.75) is 51.8 Å². The first-order valence-electron chi connectivity index (χ1n) is 5.76. The Bertz CT molecular complexity index is 201. The zero-order chi connectivity index (χ0) is 11.3. The molecule has 0 heterocycles. The molecule has 1 rings (SSSR count). The van der Waals surface area contributed by atoms with E-state index in [1.165, 1.54) is 0 Å². The smallest absolute Gasteiger partial charge is 0.234 e. The second-order valence-corrected chi connectivity index (χ2v) is 4.35. The second-order valence-electron chi connectivity index (χ2n) is 4.35. The van der Waals surface area contributed by atoms with Crippen LogP contribution in [0.1, 0.15) is 33.6 Å². The molecular formula is C11H22N2O2. The maximum absolute atomic E-state index is 11.4. The van der Waals surface area contributed by atoms with Crippen LogP contribution in [0, 0.1) is 0 Å². The lowest BCUT2D eigenvalue weighted by molar-refractivity contribution is -0.122. The molecule has 0 unspecified atom stereocenters. The number of carbonyl (C=O) groups is 1. The van der Waals surface area contributed by atoms with Crippen molar-refractivity contribution in [3.63, 3.8) is 0 Å². The number of amides is 1. The van der Waals surface area contributed by atoms with Gasteiger partial charge in [-0.3, -0.25) is 4.79 Å². The van der Waals surface area contributed by atoms with Crippen LogP contribution in [0.15, 0.2) is 0 Å². The quantitative estimate of drug-likeness (QED) is 0.683. The topological polar surface area (TPSA) is 50.4 Å². The molecule has 4 nitrogen and oxygen atoms in total. The van der Waals surface area contributed by atoms with Gasteiger partial charge in [0.05, 0.1) is 12.6 Å². The van der Waals surface area contributed by atoms with Crippen LogP contribution in [0.2, 0.25) is 0 Å². The van der Waals surface area contributed by atoms with Gasteiger partial charge in [0.1, 0.15) is 0 Å². The Morgan fingerprint density at radius 3 is 2.67 bits per heavy atom. The molecule has 2 N–H and O–H groups in total. The Morgan fingerprint density at radius 1 is 1.47 bits per heavy atom. The Hall–Kier alpha value is -0.610. The molecule has 0 bridgehead atoms. The monoisotopic (exact) mass is 214 g/mol. The predicted octanol–water partition coefficient (Wildman–Crippen LogP) is 0.668. The third kappa shape index (κ3) is 4.62. The van der Waals surface area contributed by atoms with E-state index < -0.39 is 0 Å². The van der Waals surface area contributed by atoms with E-state index in [-0.39, 0.29) is 5.91 Å². The maximum Gasteiger partial charge on any atom is 0.234 e. The maximum atomic E-state index is 11.4. The Morgan fingerprint density at radius 2 is 2.13 bits per heavy atom. The van der Waals surface area contributed by atoms with E-state index in [1.807, 2.05) is 20.8 Å². The molecule has 0 atom stereocenters. The highest BCUT2D eigenvalue weighted by molar-refractivity contribution is 5.78. The molecule has 0 aromatic heterocycles. The number of hydrogen-bond acceptors (Lipinski definition) is 3. The van der Waals surface area contributed by atoms with Crippen LogP contribution in [-0.2, 0) is 9.53 Å². The van der Waals surface area contributed by atoms with E-state index in [2.05, 4.69) is 10.6 Å². The third-order valence-corrected chi connectivity index (χ3v) is 2.53. The minimum absolute atomic E-state index is 0.0867. The molecule has 1 amide bonds. The lowest BCUT2D eigenvalue weighted by atomic mass is 9.89. The van der Waals surface area contributed by atoms with Crippen molar-refractivity contribution in [3.8, 4) is 0 Å². The van der Waals surface area contributed by atoms with Gasteiger partial charge >= 0.3 is 0 Å². The van der Waals surface area contributed by atoms with Crippen molar-refractivity contribution in [1.82, 2.24) is 10.6 Å². The Labute approximate surface area is 91.8 Å². The van der Waals surface area contributed by atoms with E-state index in [0.29, 0.717) is 24.7 Å². The molecule has 4 heteroatoms. The number of carbonyl (C=O) groups excluding carboxylic acids is 1. The number of hydrogen-bond donors (Lipinski definition) is 2. The standard InChI is InChI=1S/C11H22N2O2/c1-4-15-10-5-9(6-10)13-11(14)7-12-8(2)3/h8-10,12H,4-7H2,1-3H3,(H,13,14). The first kappa shape index (κ1) is 12.5. The summed E-state index contributed by atoms with van der Waals surface area (Å²) in [6.07, 6.45) is 2.28. The van der Waals surface area contributed by atoms with Crippen LogP contribution in [0.4, 0.5) is 0 Å². The molecule has 1 aliphatic carbocycles. The average Bonchev–Trinajstić information content (AvgIpc) is 2.11. The molecule has 0 saturated heterocycles. The summed E-state index contributed by atoms with van der Waals surface area (Å²) in [5, 5.41) is 6.07. The number of ether oxygens (including phenoxy) is 1. The summed E-state index contributed by atoms with van der Waals surface area (Å²) in [6, 6.07) is 0.677. The van der Waals surface area contributed by atoms with Gasteiger partial charge in [-0.15, -0.1) is 0 Å². The highest BCUT2D eigenvalue weighted by atomic mass is 16.5. The molecule has 0 aromatic carbocycles. The largest absolute Gasteiger partial charge is 0.378 e. The van der Waals surface area contributed by atoms with Crippen molar-refractivity contribution < 1.29 is 9.53 Å². The summed E-state index contributed by atoms with van der Waals surface area (Å²) in [6.45, 7) is 7.23. The minimum atomic E-state index is 0.0867. The molecule has 0 spiro atoms. The van der Waals surface area contributed by atoms with Crippen LogP contribution in [0.3, 0.4) is 0 Å². The van der Waals surface area contributed by atoms with E-state index in [1.54, 1.807) is 0 Å². The fraction of sp³-hybridized carbons (Fsp3) is 0.909. The molecule has 15 heavy (non-hydrogen) atoms. The molecule has 0 aromatic rings. The van der Waals surface area contributed by atoms with Gasteiger partial charge in [-0.1, -0.05) is 13.8 Å². The first-order valence-corrected chi connectivity index (χ1v) is 5.76. The lowest BCUT2D eigenvalue weighted by Gasteiger charge is -2.35. The Kier molecular flexibility index (Phi) is 5.05. The third-order valence-electron chi connectivity index (χ3n) is 2.53. The highest BCUT2D eigenvalue weighted by Gasteiger charge is 2.30. The SMILES string of the molecule is CCOC1CC(NC(=O)CNC(C)C)C1. The summed E-state index contributed by atoms with van der Waals surface area (Å²) < 4.78 is 5.42. The van der Waals surface area contributed by atoms with Crippen molar-refractivity contribution in [2.75, 3.05) is 13.2 Å². The van der Waals surface area contributed by atoms with Crippen LogP contribution < -0.4 is 10.6 Å². The van der Waals surface area contributed by atoms with Gasteiger partial charge < -0.3 is 15.4 Å². The van der Waals surface area contributed by atoms with Crippen LogP contribution in [0.5, 0.6) is 0 Å². The zero-order valence-electron chi connectivity index (χ0n) is 9.88. The summed E-state index contributed by atoms with van der Waals surface area (Å²) >= 11 is 0. The minimum Gasteiger partial charge on any atom is -0.378 e. The summed E-state index contributed by atoms with van der Waals surface area (Å²) in [7, 11) is 0. The van der Waals surface area contributed by atoms with Gasteiger partial charge in [0.25, 0.3) is 0 Å². The zero-order valence-corrected chi connectivity index (χ0v) is 9.88. The molecule has 1 saturated carbocycles. The fourth-order valence-corrected chi connectivity index (χ4v) is 1.63. The second kappa shape index (κ2) is 6.08. The van der Waals surface area contributed by atoms with Crippen LogP contribution in [0.25, 0.3) is 0 Å². The van der Waals surface area contributed by atoms with Crippen molar-refractivity contribution in [2.24, 2.45) is 0 Å². The summed E-state index contributed by atoms with van der Waals surface area (Å²) in [5.41, 5.74) is 0. The van der Waals surface area contributed by atoms with Gasteiger partial charge in [-0.25, -0.2) is 0 Å². The summed E-state index contributed by atoms with van der Waals surface area (Å²) in [5.74, 6) is 0.0867. The van der Waals surface area contributed by atoms with Crippen molar-refractivity contribution in [1.29, 1.82) is 0 Å². The molecule has 1 aliphatic rings. The van der Waals surface area contributed by atoms with E-state index in [4.69, 9.17) is 4.74 Å². The molecule has 0 aliphatic heterocycles. The van der Waals surface area contributed by atoms with Crippen molar-refractivity contribution in [3.05, 3.63) is 0 Å². The average molecular weight is 214 g/mol. The first-order chi connectivity index (χ1) is 7.11. The highest BCUT2D eigenvalue weighted by Crippen LogP contribution is 2.22. The van der Waals surface area contributed by atoms with Crippen LogP contribution >= 0.6 is 0 Å². The molecule has 88 valence electrons. The van der Waals surface area contributed by atoms with E-state index in [9.17, 15) is 4.79 Å². The van der Waals surface area contributed by atoms with Gasteiger partial charge in [0, 0.05) is 18.7 Å². The molecule has 0 radical (unpaired) electrons. The number of nitrogens with one attached hydrogen (secondary N) is 2. The predicted molar refractivity (Wildman–Crippen MR) is 59.7 cm³/mol. The number of rotatable bonds is 6. The Balaban J connectivity index is 2.03. The van der Waals surface area contributed by atoms with E-state index in [0.717, 1.165) is 19.4 Å². The molecular weight excluding hydrogens is 192 g/mol. The van der Waals surface area contributed by atoms with E-state index >= 15 is 0 Å². The van der Waals surface area contributed by atoms with Crippen molar-refractivity contribution >= 4 is 5.91 Å². The lowest BCUT2D eigenvalue weighted by Crippen LogP contribution is -2.50. The van der Waals surface area contributed by atoms with Gasteiger partial charge in [0.2, 0.25) is 5.91 Å². The normalized spacial score (nSPS) is 25.1. The van der Waals surface area contributed by atoms with Gasteiger partial charge in [-0.2, -0.15) is 0 Å². The fourth-order valence-electron chi connectivity index (χ4n) is 1.63. The van der Waals surface area contributed by atoms with Gasteiger partial charge in [0.15, 0.2) is 0 Å². The summed E-state index contributed by atoms with van der Waals surface area (Å²) in [4.78, 5) is 11.4. The van der Waals surface area contributed by atoms with Gasteiger partial charge in [-0.05, 0) is 19.8 Å².